The lowest BCUT2D eigenvalue weighted by Gasteiger charge is -2.27. The van der Waals surface area contributed by atoms with Gasteiger partial charge >= 0.3 is 0 Å². The van der Waals surface area contributed by atoms with E-state index in [4.69, 9.17) is 4.74 Å². The zero-order chi connectivity index (χ0) is 16.1. The largest absolute Gasteiger partial charge is 0.367 e. The number of nitrogens with zero attached hydrogens (tertiary/aromatic N) is 1. The lowest BCUT2D eigenvalue weighted by atomic mass is 9.94. The molecule has 1 amide bonds. The van der Waals surface area contributed by atoms with Gasteiger partial charge in [-0.1, -0.05) is 0 Å². The molecule has 2 heterocycles. The van der Waals surface area contributed by atoms with E-state index in [0.717, 1.165) is 19.3 Å². The van der Waals surface area contributed by atoms with Crippen molar-refractivity contribution in [1.29, 1.82) is 0 Å². The molecule has 0 spiro atoms. The standard InChI is InChI=1S/C16H23N3O3/c1-15(2)8-11(16(3,4)22-15)18-14(21)10-7-12(20)19-13(17-10)9-5-6-9/h7,9,11H,5-6,8H2,1-4H3,(H,18,21)(H,17,19,20)/t11-/m0/s1. The number of rotatable bonds is 3. The Kier molecular flexibility index (Phi) is 3.40. The van der Waals surface area contributed by atoms with Crippen molar-refractivity contribution in [1.82, 2.24) is 15.3 Å². The Morgan fingerprint density at radius 1 is 1.36 bits per heavy atom. The first-order valence-corrected chi connectivity index (χ1v) is 7.79. The summed E-state index contributed by atoms with van der Waals surface area (Å²) in [5.41, 5.74) is -0.808. The van der Waals surface area contributed by atoms with Gasteiger partial charge in [0.05, 0.1) is 17.2 Å². The fraction of sp³-hybridized carbons (Fsp3) is 0.688. The minimum Gasteiger partial charge on any atom is -0.367 e. The number of ether oxygens (including phenoxy) is 1. The summed E-state index contributed by atoms with van der Waals surface area (Å²) in [7, 11) is 0. The molecule has 1 saturated heterocycles. The monoisotopic (exact) mass is 305 g/mol. The number of carbonyl (C=O) groups is 1. The molecule has 1 saturated carbocycles. The second-order valence-electron chi connectivity index (χ2n) is 7.49. The predicted octanol–water partition coefficient (Wildman–Crippen LogP) is 1.72. The van der Waals surface area contributed by atoms with E-state index in [1.165, 1.54) is 6.07 Å². The second kappa shape index (κ2) is 4.91. The lowest BCUT2D eigenvalue weighted by Crippen LogP contribution is -2.46. The Hall–Kier alpha value is -1.69. The van der Waals surface area contributed by atoms with Gasteiger partial charge in [0.15, 0.2) is 0 Å². The first-order chi connectivity index (χ1) is 10.2. The molecular weight excluding hydrogens is 282 g/mol. The molecule has 6 heteroatoms. The highest BCUT2D eigenvalue weighted by molar-refractivity contribution is 5.92. The molecule has 1 aliphatic carbocycles. The topological polar surface area (TPSA) is 84.1 Å². The molecule has 120 valence electrons. The molecule has 1 atom stereocenters. The van der Waals surface area contributed by atoms with E-state index in [1.54, 1.807) is 0 Å². The van der Waals surface area contributed by atoms with Gasteiger partial charge < -0.3 is 15.0 Å². The highest BCUT2D eigenvalue weighted by Gasteiger charge is 2.46. The summed E-state index contributed by atoms with van der Waals surface area (Å²) >= 11 is 0. The Balaban J connectivity index is 1.79. The smallest absolute Gasteiger partial charge is 0.270 e. The van der Waals surface area contributed by atoms with Gasteiger partial charge in [0.2, 0.25) is 0 Å². The molecule has 0 bridgehead atoms. The Labute approximate surface area is 129 Å². The summed E-state index contributed by atoms with van der Waals surface area (Å²) < 4.78 is 5.98. The van der Waals surface area contributed by atoms with Gasteiger partial charge in [-0.2, -0.15) is 0 Å². The fourth-order valence-corrected chi connectivity index (χ4v) is 3.16. The summed E-state index contributed by atoms with van der Waals surface area (Å²) in [6.45, 7) is 7.95. The highest BCUT2D eigenvalue weighted by atomic mass is 16.5. The van der Waals surface area contributed by atoms with Crippen molar-refractivity contribution in [3.8, 4) is 0 Å². The number of aromatic nitrogens is 2. The number of carbonyl (C=O) groups excluding carboxylic acids is 1. The number of hydrogen-bond acceptors (Lipinski definition) is 4. The summed E-state index contributed by atoms with van der Waals surface area (Å²) in [5, 5.41) is 2.98. The van der Waals surface area contributed by atoms with E-state index in [0.29, 0.717) is 11.7 Å². The number of H-pyrrole nitrogens is 1. The minimum absolute atomic E-state index is 0.111. The number of hydrogen-bond donors (Lipinski definition) is 2. The molecule has 1 aromatic rings. The molecule has 2 fully saturated rings. The first-order valence-electron chi connectivity index (χ1n) is 7.79. The molecule has 2 aliphatic rings. The number of aromatic amines is 1. The van der Waals surface area contributed by atoms with Gasteiger partial charge in [-0.15, -0.1) is 0 Å². The first kappa shape index (κ1) is 15.2. The van der Waals surface area contributed by atoms with Gasteiger partial charge in [-0.3, -0.25) is 9.59 Å². The molecule has 0 aromatic carbocycles. The van der Waals surface area contributed by atoms with E-state index in [2.05, 4.69) is 15.3 Å². The van der Waals surface area contributed by atoms with Crippen LogP contribution < -0.4 is 10.9 Å². The van der Waals surface area contributed by atoms with Crippen LogP contribution >= 0.6 is 0 Å². The third kappa shape index (κ3) is 3.06. The molecule has 3 rings (SSSR count). The molecule has 2 N–H and O–H groups in total. The van der Waals surface area contributed by atoms with E-state index in [9.17, 15) is 9.59 Å². The average Bonchev–Trinajstić information content (AvgIpc) is 3.16. The summed E-state index contributed by atoms with van der Waals surface area (Å²) in [4.78, 5) is 31.2. The maximum absolute atomic E-state index is 12.5. The van der Waals surface area contributed by atoms with Crippen LogP contribution in [0.5, 0.6) is 0 Å². The third-order valence-corrected chi connectivity index (χ3v) is 4.34. The van der Waals surface area contributed by atoms with Crippen molar-refractivity contribution in [3.63, 3.8) is 0 Å². The normalized spacial score (nSPS) is 25.9. The lowest BCUT2D eigenvalue weighted by molar-refractivity contribution is -0.0693. The zero-order valence-corrected chi connectivity index (χ0v) is 13.5. The average molecular weight is 305 g/mol. The van der Waals surface area contributed by atoms with Crippen molar-refractivity contribution in [2.24, 2.45) is 0 Å². The second-order valence-corrected chi connectivity index (χ2v) is 7.49. The van der Waals surface area contributed by atoms with E-state index in [-0.39, 0.29) is 28.8 Å². The number of nitrogens with one attached hydrogen (secondary N) is 2. The van der Waals surface area contributed by atoms with Crippen LogP contribution in [-0.2, 0) is 4.74 Å². The molecule has 1 aliphatic heterocycles. The maximum Gasteiger partial charge on any atom is 0.270 e. The Morgan fingerprint density at radius 2 is 2.05 bits per heavy atom. The Bertz CT molecular complexity index is 659. The highest BCUT2D eigenvalue weighted by Crippen LogP contribution is 2.38. The van der Waals surface area contributed by atoms with Crippen LogP contribution in [0.15, 0.2) is 10.9 Å². The van der Waals surface area contributed by atoms with Crippen LogP contribution in [0.1, 0.15) is 69.2 Å². The summed E-state index contributed by atoms with van der Waals surface area (Å²) in [6, 6.07) is 1.15. The van der Waals surface area contributed by atoms with Crippen LogP contribution in [0, 0.1) is 0 Å². The van der Waals surface area contributed by atoms with Crippen molar-refractivity contribution in [3.05, 3.63) is 27.9 Å². The summed E-state index contributed by atoms with van der Waals surface area (Å²) in [5.74, 6) is 0.609. The number of amides is 1. The zero-order valence-electron chi connectivity index (χ0n) is 13.5. The van der Waals surface area contributed by atoms with Crippen LogP contribution in [0.25, 0.3) is 0 Å². The van der Waals surface area contributed by atoms with Gasteiger partial charge in [0.1, 0.15) is 11.5 Å². The van der Waals surface area contributed by atoms with E-state index in [1.807, 2.05) is 27.7 Å². The van der Waals surface area contributed by atoms with Gasteiger partial charge in [0, 0.05) is 12.0 Å². The van der Waals surface area contributed by atoms with Crippen LogP contribution in [0.2, 0.25) is 0 Å². The molecule has 0 radical (unpaired) electrons. The van der Waals surface area contributed by atoms with Crippen LogP contribution in [-0.4, -0.2) is 33.1 Å². The Morgan fingerprint density at radius 3 is 2.59 bits per heavy atom. The van der Waals surface area contributed by atoms with Crippen molar-refractivity contribution in [2.45, 2.75) is 70.1 Å². The van der Waals surface area contributed by atoms with Gasteiger partial charge in [-0.25, -0.2) is 4.98 Å². The fourth-order valence-electron chi connectivity index (χ4n) is 3.16. The van der Waals surface area contributed by atoms with Crippen LogP contribution in [0.4, 0.5) is 0 Å². The van der Waals surface area contributed by atoms with E-state index < -0.39 is 5.60 Å². The molecule has 22 heavy (non-hydrogen) atoms. The summed E-state index contributed by atoms with van der Waals surface area (Å²) in [6.07, 6.45) is 2.77. The van der Waals surface area contributed by atoms with E-state index >= 15 is 0 Å². The molecule has 1 aromatic heterocycles. The predicted molar refractivity (Wildman–Crippen MR) is 81.9 cm³/mol. The minimum atomic E-state index is -0.445. The van der Waals surface area contributed by atoms with Crippen molar-refractivity contribution < 1.29 is 9.53 Å². The maximum atomic E-state index is 12.5. The molecule has 0 unspecified atom stereocenters. The SMILES string of the molecule is CC1(C)C[C@H](NC(=O)c2cc(=O)[nH]c(C3CC3)n2)C(C)(C)O1. The molecule has 6 nitrogen and oxygen atoms in total. The molecular formula is C16H23N3O3. The van der Waals surface area contributed by atoms with Crippen molar-refractivity contribution >= 4 is 5.91 Å². The van der Waals surface area contributed by atoms with Crippen molar-refractivity contribution in [2.75, 3.05) is 0 Å². The van der Waals surface area contributed by atoms with Gasteiger partial charge in [0.25, 0.3) is 11.5 Å². The van der Waals surface area contributed by atoms with Crippen LogP contribution in [0.3, 0.4) is 0 Å². The third-order valence-electron chi connectivity index (χ3n) is 4.34. The quantitative estimate of drug-likeness (QED) is 0.890. The van der Waals surface area contributed by atoms with Gasteiger partial charge in [-0.05, 0) is 47.0 Å².